The van der Waals surface area contributed by atoms with Crippen LogP contribution in [0.3, 0.4) is 0 Å². The van der Waals surface area contributed by atoms with Gasteiger partial charge in [-0.2, -0.15) is 0 Å². The zero-order valence-electron chi connectivity index (χ0n) is 16.5. The fraction of sp³-hybridized carbons (Fsp3) is 0.0870. The number of aliphatic hydroxyl groups excluding tert-OH is 1. The number of benzene rings is 2. The van der Waals surface area contributed by atoms with Gasteiger partial charge in [0.05, 0.1) is 21.8 Å². The summed E-state index contributed by atoms with van der Waals surface area (Å²) >= 11 is 4.48. The minimum Gasteiger partial charge on any atom is -0.503 e. The molecule has 1 aliphatic rings. The number of hydrogen-bond donors (Lipinski definition) is 1. The Labute approximate surface area is 193 Å². The van der Waals surface area contributed by atoms with Crippen molar-refractivity contribution >= 4 is 54.3 Å². The molecule has 6 nitrogen and oxygen atoms in total. The smallest absolute Gasteiger partial charge is 0.296 e. The van der Waals surface area contributed by atoms with E-state index in [0.29, 0.717) is 21.5 Å². The number of amides is 1. The molecule has 1 N–H and O–H groups in total. The number of hydrogen-bond acceptors (Lipinski definition) is 6. The Morgan fingerprint density at radius 1 is 1.19 bits per heavy atom. The van der Waals surface area contributed by atoms with Crippen molar-refractivity contribution in [2.45, 2.75) is 13.0 Å². The zero-order chi connectivity index (χ0) is 22.6. The van der Waals surface area contributed by atoms with Crippen LogP contribution in [0.1, 0.15) is 27.9 Å². The van der Waals surface area contributed by atoms with E-state index >= 15 is 0 Å². The number of nitrogens with zero attached hydrogens (tertiary/aromatic N) is 2. The molecule has 0 aliphatic carbocycles. The first-order chi connectivity index (χ1) is 15.3. The van der Waals surface area contributed by atoms with E-state index in [2.05, 4.69) is 20.9 Å². The number of carbonyl (C=O) groups excluding carboxylic acids is 2. The van der Waals surface area contributed by atoms with Gasteiger partial charge in [0.25, 0.3) is 5.91 Å². The Morgan fingerprint density at radius 3 is 2.62 bits per heavy atom. The molecule has 32 heavy (non-hydrogen) atoms. The molecule has 2 aromatic carbocycles. The summed E-state index contributed by atoms with van der Waals surface area (Å²) in [6.07, 6.45) is 0. The average molecular weight is 513 g/mol. The number of rotatable bonds is 4. The lowest BCUT2D eigenvalue weighted by molar-refractivity contribution is -0.117. The molecule has 0 saturated carbocycles. The molecule has 1 aliphatic heterocycles. The first-order valence-corrected chi connectivity index (χ1v) is 11.1. The summed E-state index contributed by atoms with van der Waals surface area (Å²) in [4.78, 5) is 32.2. The highest BCUT2D eigenvalue weighted by atomic mass is 79.9. The number of Topliss-reactive ketones (excluding diaryl/α,β-unsaturated/α-hetero) is 1. The highest BCUT2D eigenvalue weighted by Crippen LogP contribution is 2.44. The molecule has 1 atom stereocenters. The fourth-order valence-electron chi connectivity index (χ4n) is 3.67. The van der Waals surface area contributed by atoms with Gasteiger partial charge in [-0.1, -0.05) is 39.4 Å². The van der Waals surface area contributed by atoms with Crippen molar-refractivity contribution in [1.82, 2.24) is 4.98 Å². The molecule has 5 rings (SSSR count). The van der Waals surface area contributed by atoms with Crippen molar-refractivity contribution in [3.8, 4) is 0 Å². The van der Waals surface area contributed by atoms with Crippen LogP contribution in [0.4, 0.5) is 9.52 Å². The minimum absolute atomic E-state index is 0.0205. The quantitative estimate of drug-likeness (QED) is 0.345. The normalized spacial score (nSPS) is 16.4. The molecule has 4 aromatic rings. The molecule has 1 amide bonds. The maximum Gasteiger partial charge on any atom is 0.296 e. The molecule has 0 bridgehead atoms. The number of ketones is 1. The van der Waals surface area contributed by atoms with E-state index < -0.39 is 29.3 Å². The summed E-state index contributed by atoms with van der Waals surface area (Å²) in [5.74, 6) is -1.89. The third kappa shape index (κ3) is 3.34. The first-order valence-electron chi connectivity index (χ1n) is 9.53. The molecular formula is C23H14BrFN2O4S. The van der Waals surface area contributed by atoms with Crippen molar-refractivity contribution in [2.24, 2.45) is 0 Å². The van der Waals surface area contributed by atoms with Gasteiger partial charge in [0.15, 0.2) is 16.7 Å². The van der Waals surface area contributed by atoms with Crippen LogP contribution < -0.4 is 4.90 Å². The number of anilines is 1. The fourth-order valence-corrected chi connectivity index (χ4v) is 4.96. The van der Waals surface area contributed by atoms with Crippen LogP contribution in [0.25, 0.3) is 10.2 Å². The van der Waals surface area contributed by atoms with Gasteiger partial charge in [0, 0.05) is 4.47 Å². The van der Waals surface area contributed by atoms with Gasteiger partial charge in [0.1, 0.15) is 11.6 Å². The van der Waals surface area contributed by atoms with E-state index in [1.807, 2.05) is 0 Å². The minimum atomic E-state index is -0.932. The molecule has 0 fully saturated rings. The summed E-state index contributed by atoms with van der Waals surface area (Å²) < 4.78 is 20.5. The maximum absolute atomic E-state index is 13.7. The van der Waals surface area contributed by atoms with Gasteiger partial charge in [0.2, 0.25) is 5.78 Å². The number of carbonyl (C=O) groups is 2. The lowest BCUT2D eigenvalue weighted by Gasteiger charge is -2.24. The van der Waals surface area contributed by atoms with Gasteiger partial charge in [-0.3, -0.25) is 14.5 Å². The predicted octanol–water partition coefficient (Wildman–Crippen LogP) is 5.88. The number of aryl methyl sites for hydroxylation is 1. The summed E-state index contributed by atoms with van der Waals surface area (Å²) in [6, 6.07) is 13.4. The second-order valence-electron chi connectivity index (χ2n) is 7.24. The molecule has 0 unspecified atom stereocenters. The maximum atomic E-state index is 13.7. The Bertz CT molecular complexity index is 1420. The standard InChI is InChI=1S/C23H14BrFN2O4S/c1-11-2-9-16(31-11)20(28)18-19(12-3-5-13(24)6-4-12)27(22(30)21(18)29)23-26-15-8-7-14(25)10-17(15)32-23/h2-10,19,29H,1H3/t19-/m0/s1. The summed E-state index contributed by atoms with van der Waals surface area (Å²) in [6.45, 7) is 1.70. The van der Waals surface area contributed by atoms with Crippen molar-refractivity contribution in [2.75, 3.05) is 4.90 Å². The molecule has 2 aromatic heterocycles. The van der Waals surface area contributed by atoms with Gasteiger partial charge < -0.3 is 9.52 Å². The number of halogens is 2. The van der Waals surface area contributed by atoms with E-state index in [9.17, 15) is 19.1 Å². The van der Waals surface area contributed by atoms with Crippen LogP contribution in [0.5, 0.6) is 0 Å². The topological polar surface area (TPSA) is 83.6 Å². The van der Waals surface area contributed by atoms with E-state index in [1.54, 1.807) is 37.3 Å². The van der Waals surface area contributed by atoms with Crippen LogP contribution in [0.15, 0.2) is 74.8 Å². The molecule has 3 heterocycles. The second-order valence-corrected chi connectivity index (χ2v) is 9.16. The Balaban J connectivity index is 1.68. The average Bonchev–Trinajstić information content (AvgIpc) is 3.44. The Kier molecular flexibility index (Phi) is 4.94. The molecule has 0 spiro atoms. The van der Waals surface area contributed by atoms with E-state index in [1.165, 1.54) is 29.2 Å². The highest BCUT2D eigenvalue weighted by Gasteiger charge is 2.46. The van der Waals surface area contributed by atoms with Gasteiger partial charge in [-0.05, 0) is 55.0 Å². The lowest BCUT2D eigenvalue weighted by atomic mass is 9.95. The number of fused-ring (bicyclic) bond motifs is 1. The number of furan rings is 1. The van der Waals surface area contributed by atoms with E-state index in [-0.39, 0.29) is 16.5 Å². The SMILES string of the molecule is Cc1ccc(C(=O)C2=C(O)C(=O)N(c3nc4ccc(F)cc4s3)[C@H]2c2ccc(Br)cc2)o1. The first kappa shape index (κ1) is 20.6. The van der Waals surface area contributed by atoms with Gasteiger partial charge in [-0.15, -0.1) is 0 Å². The van der Waals surface area contributed by atoms with Crippen molar-refractivity contribution < 1.29 is 23.5 Å². The second kappa shape index (κ2) is 7.68. The van der Waals surface area contributed by atoms with E-state index in [0.717, 1.165) is 15.8 Å². The third-order valence-electron chi connectivity index (χ3n) is 5.15. The van der Waals surface area contributed by atoms with Crippen LogP contribution in [0, 0.1) is 12.7 Å². The highest BCUT2D eigenvalue weighted by molar-refractivity contribution is 9.10. The van der Waals surface area contributed by atoms with Crippen LogP contribution in [-0.4, -0.2) is 21.8 Å². The molecule has 0 saturated heterocycles. The molecular weight excluding hydrogens is 499 g/mol. The van der Waals surface area contributed by atoms with E-state index in [4.69, 9.17) is 4.42 Å². The number of aromatic nitrogens is 1. The van der Waals surface area contributed by atoms with Crippen molar-refractivity contribution in [3.05, 3.63) is 93.3 Å². The van der Waals surface area contributed by atoms with Crippen molar-refractivity contribution in [3.63, 3.8) is 0 Å². The molecule has 9 heteroatoms. The van der Waals surface area contributed by atoms with Gasteiger partial charge >= 0.3 is 0 Å². The molecule has 0 radical (unpaired) electrons. The molecule has 160 valence electrons. The monoisotopic (exact) mass is 512 g/mol. The zero-order valence-corrected chi connectivity index (χ0v) is 18.9. The largest absolute Gasteiger partial charge is 0.503 e. The Hall–Kier alpha value is -3.30. The lowest BCUT2D eigenvalue weighted by Crippen LogP contribution is -2.30. The van der Waals surface area contributed by atoms with Crippen LogP contribution in [-0.2, 0) is 4.79 Å². The number of thiazole rings is 1. The Morgan fingerprint density at radius 2 is 1.94 bits per heavy atom. The van der Waals surface area contributed by atoms with Crippen LogP contribution in [0.2, 0.25) is 0 Å². The summed E-state index contributed by atoms with van der Waals surface area (Å²) in [7, 11) is 0. The van der Waals surface area contributed by atoms with Crippen LogP contribution >= 0.6 is 27.3 Å². The summed E-state index contributed by atoms with van der Waals surface area (Å²) in [5, 5.41) is 11.0. The number of aliphatic hydroxyl groups is 1. The van der Waals surface area contributed by atoms with Crippen molar-refractivity contribution in [1.29, 1.82) is 0 Å². The van der Waals surface area contributed by atoms with Gasteiger partial charge in [-0.25, -0.2) is 9.37 Å². The summed E-state index contributed by atoms with van der Waals surface area (Å²) in [5.41, 5.74) is 1.01. The third-order valence-corrected chi connectivity index (χ3v) is 6.69. The predicted molar refractivity (Wildman–Crippen MR) is 121 cm³/mol.